The van der Waals surface area contributed by atoms with Crippen LogP contribution in [0.1, 0.15) is 33.5 Å². The zero-order valence-corrected chi connectivity index (χ0v) is 14.9. The molecule has 0 fully saturated rings. The summed E-state index contributed by atoms with van der Waals surface area (Å²) in [6.45, 7) is 10.0. The van der Waals surface area contributed by atoms with Crippen molar-refractivity contribution in [1.29, 1.82) is 0 Å². The summed E-state index contributed by atoms with van der Waals surface area (Å²) in [5.74, 6) is 2.16. The zero-order valence-electron chi connectivity index (χ0n) is 14.9. The van der Waals surface area contributed by atoms with Crippen molar-refractivity contribution in [3.05, 3.63) is 24.2 Å². The fraction of sp³-hybridized carbons (Fsp3) is 0.647. The lowest BCUT2D eigenvalue weighted by molar-refractivity contribution is -0.128. The molecule has 0 spiro atoms. The highest BCUT2D eigenvalue weighted by atomic mass is 16.3. The average Bonchev–Trinajstić information content (AvgIpc) is 3.01. The zero-order chi connectivity index (χ0) is 17.3. The normalized spacial score (nSPS) is 12.3. The first-order valence-electron chi connectivity index (χ1n) is 8.12. The number of hydrogen-bond acceptors (Lipinski definition) is 3. The smallest absolute Gasteiger partial charge is 0.227 e. The van der Waals surface area contributed by atoms with Crippen LogP contribution in [0.15, 0.2) is 27.8 Å². The molecule has 130 valence electrons. The Hall–Kier alpha value is -1.98. The van der Waals surface area contributed by atoms with E-state index >= 15 is 0 Å². The van der Waals surface area contributed by atoms with Crippen molar-refractivity contribution in [3.8, 4) is 0 Å². The van der Waals surface area contributed by atoms with Crippen LogP contribution in [0.3, 0.4) is 0 Å². The number of guanidine groups is 1. The Kier molecular flexibility index (Phi) is 7.65. The highest BCUT2D eigenvalue weighted by Gasteiger charge is 2.26. The van der Waals surface area contributed by atoms with Crippen LogP contribution in [-0.2, 0) is 11.2 Å². The minimum Gasteiger partial charge on any atom is -0.469 e. The number of nitrogens with one attached hydrogen (secondary N) is 3. The predicted octanol–water partition coefficient (Wildman–Crippen LogP) is 1.79. The summed E-state index contributed by atoms with van der Waals surface area (Å²) in [7, 11) is 1.65. The Morgan fingerprint density at radius 1 is 1.35 bits per heavy atom. The molecule has 6 heteroatoms. The van der Waals surface area contributed by atoms with Crippen molar-refractivity contribution in [3.63, 3.8) is 0 Å². The Labute approximate surface area is 139 Å². The van der Waals surface area contributed by atoms with Gasteiger partial charge in [0, 0.05) is 26.6 Å². The molecule has 0 saturated heterocycles. The number of aliphatic imine (C=N–C) groups is 1. The highest BCUT2D eigenvalue weighted by molar-refractivity contribution is 5.83. The largest absolute Gasteiger partial charge is 0.469 e. The number of nitrogens with zero attached hydrogens (tertiary/aromatic N) is 1. The lowest BCUT2D eigenvalue weighted by Crippen LogP contribution is -2.42. The summed E-state index contributed by atoms with van der Waals surface area (Å²) >= 11 is 0. The minimum absolute atomic E-state index is 0.0138. The molecular weight excluding hydrogens is 292 g/mol. The fourth-order valence-corrected chi connectivity index (χ4v) is 1.92. The van der Waals surface area contributed by atoms with E-state index in [1.165, 1.54) is 0 Å². The average molecular weight is 322 g/mol. The second-order valence-electron chi connectivity index (χ2n) is 6.66. The van der Waals surface area contributed by atoms with Gasteiger partial charge in [0.05, 0.1) is 18.2 Å². The monoisotopic (exact) mass is 322 g/mol. The van der Waals surface area contributed by atoms with Gasteiger partial charge in [-0.2, -0.15) is 0 Å². The molecule has 0 aliphatic carbocycles. The second-order valence-corrected chi connectivity index (χ2v) is 6.66. The lowest BCUT2D eigenvalue weighted by Gasteiger charge is -2.21. The topological polar surface area (TPSA) is 78.7 Å². The van der Waals surface area contributed by atoms with Crippen molar-refractivity contribution >= 4 is 11.9 Å². The molecule has 1 aromatic rings. The summed E-state index contributed by atoms with van der Waals surface area (Å²) in [5.41, 5.74) is -0.539. The summed E-state index contributed by atoms with van der Waals surface area (Å²) in [6, 6.07) is 3.84. The van der Waals surface area contributed by atoms with Crippen LogP contribution in [0.4, 0.5) is 0 Å². The van der Waals surface area contributed by atoms with Crippen molar-refractivity contribution < 1.29 is 9.21 Å². The molecule has 1 aromatic heterocycles. The van der Waals surface area contributed by atoms with Crippen LogP contribution in [0, 0.1) is 11.3 Å². The van der Waals surface area contributed by atoms with Gasteiger partial charge in [0.15, 0.2) is 5.96 Å². The third-order valence-electron chi connectivity index (χ3n) is 3.40. The van der Waals surface area contributed by atoms with Crippen molar-refractivity contribution in [2.45, 2.75) is 34.1 Å². The number of rotatable bonds is 8. The summed E-state index contributed by atoms with van der Waals surface area (Å²) in [4.78, 5) is 16.4. The molecule has 0 aliphatic rings. The Balaban J connectivity index is 2.59. The number of carbonyl (C=O) groups is 1. The maximum Gasteiger partial charge on any atom is 0.227 e. The molecule has 0 atom stereocenters. The Morgan fingerprint density at radius 3 is 2.65 bits per heavy atom. The molecule has 0 radical (unpaired) electrons. The van der Waals surface area contributed by atoms with E-state index in [-0.39, 0.29) is 5.91 Å². The SMILES string of the molecule is CNC(=O)C(C)(C)CN=C(NCCc1ccco1)NCC(C)C. The third-order valence-corrected chi connectivity index (χ3v) is 3.40. The molecule has 1 amide bonds. The molecule has 0 saturated carbocycles. The number of hydrogen-bond donors (Lipinski definition) is 3. The van der Waals surface area contributed by atoms with Gasteiger partial charge in [0.1, 0.15) is 5.76 Å². The lowest BCUT2D eigenvalue weighted by atomic mass is 9.93. The van der Waals surface area contributed by atoms with Gasteiger partial charge in [0.25, 0.3) is 0 Å². The van der Waals surface area contributed by atoms with Crippen molar-refractivity contribution in [2.75, 3.05) is 26.7 Å². The maximum absolute atomic E-state index is 11.8. The minimum atomic E-state index is -0.539. The summed E-state index contributed by atoms with van der Waals surface area (Å²) in [5, 5.41) is 9.27. The number of amides is 1. The van der Waals surface area contributed by atoms with E-state index in [4.69, 9.17) is 4.42 Å². The standard InChI is InChI=1S/C17H30N4O2/c1-13(2)11-20-16(19-9-8-14-7-6-10-23-14)21-12-17(3,4)15(22)18-5/h6-7,10,13H,8-9,11-12H2,1-5H3,(H,18,22)(H2,19,20,21). The van der Waals surface area contributed by atoms with Crippen LogP contribution in [-0.4, -0.2) is 38.5 Å². The molecule has 3 N–H and O–H groups in total. The molecule has 0 unspecified atom stereocenters. The van der Waals surface area contributed by atoms with Gasteiger partial charge in [0.2, 0.25) is 5.91 Å². The van der Waals surface area contributed by atoms with Crippen LogP contribution in [0.2, 0.25) is 0 Å². The van der Waals surface area contributed by atoms with Gasteiger partial charge in [-0.15, -0.1) is 0 Å². The van der Waals surface area contributed by atoms with Crippen LogP contribution in [0.25, 0.3) is 0 Å². The van der Waals surface area contributed by atoms with Gasteiger partial charge in [-0.25, -0.2) is 0 Å². The van der Waals surface area contributed by atoms with Gasteiger partial charge in [-0.05, 0) is 31.9 Å². The van der Waals surface area contributed by atoms with Crippen LogP contribution < -0.4 is 16.0 Å². The molecule has 1 rings (SSSR count). The Bertz CT molecular complexity index is 493. The molecule has 23 heavy (non-hydrogen) atoms. The van der Waals surface area contributed by atoms with Crippen LogP contribution in [0.5, 0.6) is 0 Å². The van der Waals surface area contributed by atoms with Gasteiger partial charge in [-0.3, -0.25) is 9.79 Å². The molecular formula is C17H30N4O2. The molecule has 0 aromatic carbocycles. The van der Waals surface area contributed by atoms with Gasteiger partial charge >= 0.3 is 0 Å². The highest BCUT2D eigenvalue weighted by Crippen LogP contribution is 2.15. The van der Waals surface area contributed by atoms with Crippen molar-refractivity contribution in [2.24, 2.45) is 16.3 Å². The van der Waals surface area contributed by atoms with E-state index in [0.29, 0.717) is 12.5 Å². The molecule has 0 aliphatic heterocycles. The number of furan rings is 1. The molecule has 0 bridgehead atoms. The van der Waals surface area contributed by atoms with Gasteiger partial charge < -0.3 is 20.4 Å². The Morgan fingerprint density at radius 2 is 2.09 bits per heavy atom. The molecule has 6 nitrogen and oxygen atoms in total. The van der Waals surface area contributed by atoms with Crippen LogP contribution >= 0.6 is 0 Å². The fourth-order valence-electron chi connectivity index (χ4n) is 1.92. The quantitative estimate of drug-likeness (QED) is 0.503. The number of carbonyl (C=O) groups excluding carboxylic acids is 1. The third kappa shape index (κ3) is 7.21. The van der Waals surface area contributed by atoms with E-state index in [9.17, 15) is 4.79 Å². The maximum atomic E-state index is 11.8. The first-order valence-corrected chi connectivity index (χ1v) is 8.12. The molecule has 1 heterocycles. The van der Waals surface area contributed by atoms with E-state index < -0.39 is 5.41 Å². The van der Waals surface area contributed by atoms with E-state index in [0.717, 1.165) is 31.2 Å². The predicted molar refractivity (Wildman–Crippen MR) is 93.4 cm³/mol. The second kappa shape index (κ2) is 9.22. The van der Waals surface area contributed by atoms with E-state index in [1.807, 2.05) is 26.0 Å². The van der Waals surface area contributed by atoms with Gasteiger partial charge in [-0.1, -0.05) is 13.8 Å². The summed E-state index contributed by atoms with van der Waals surface area (Å²) < 4.78 is 5.32. The first kappa shape index (κ1) is 19.1. The van der Waals surface area contributed by atoms with Crippen molar-refractivity contribution in [1.82, 2.24) is 16.0 Å². The van der Waals surface area contributed by atoms with E-state index in [1.54, 1.807) is 13.3 Å². The summed E-state index contributed by atoms with van der Waals surface area (Å²) in [6.07, 6.45) is 2.46. The first-order chi connectivity index (χ1) is 10.8. The van der Waals surface area contributed by atoms with E-state index in [2.05, 4.69) is 34.8 Å².